The van der Waals surface area contributed by atoms with Gasteiger partial charge in [0.05, 0.1) is 11.2 Å². The molecular formula is C17H20N2O2S. The van der Waals surface area contributed by atoms with Crippen molar-refractivity contribution < 1.29 is 9.53 Å². The van der Waals surface area contributed by atoms with E-state index in [1.807, 2.05) is 31.4 Å². The van der Waals surface area contributed by atoms with Crippen LogP contribution in [-0.2, 0) is 6.61 Å². The third kappa shape index (κ3) is 4.43. The number of rotatable bonds is 7. The van der Waals surface area contributed by atoms with Crippen molar-refractivity contribution in [1.82, 2.24) is 9.88 Å². The van der Waals surface area contributed by atoms with Crippen molar-refractivity contribution in [2.75, 3.05) is 13.1 Å². The molecule has 0 N–H and O–H groups in total. The highest BCUT2D eigenvalue weighted by Crippen LogP contribution is 2.17. The summed E-state index contributed by atoms with van der Waals surface area (Å²) in [5.74, 6) is 0.662. The Bertz CT molecular complexity index is 638. The van der Waals surface area contributed by atoms with Gasteiger partial charge in [0, 0.05) is 24.0 Å². The fourth-order valence-corrected chi connectivity index (χ4v) is 2.56. The second kappa shape index (κ2) is 7.75. The van der Waals surface area contributed by atoms with Crippen LogP contribution in [0.15, 0.2) is 47.3 Å². The minimum atomic E-state index is -0.00962. The summed E-state index contributed by atoms with van der Waals surface area (Å²) in [5, 5.41) is 1.95. The average Bonchev–Trinajstić information content (AvgIpc) is 3.03. The summed E-state index contributed by atoms with van der Waals surface area (Å²) in [6.45, 7) is 9.38. The molecule has 1 aromatic heterocycles. The normalized spacial score (nSPS) is 10.3. The van der Waals surface area contributed by atoms with Crippen LogP contribution in [0, 0.1) is 0 Å². The highest BCUT2D eigenvalue weighted by Gasteiger charge is 2.14. The molecule has 5 heteroatoms. The Morgan fingerprint density at radius 2 is 2.27 bits per heavy atom. The molecule has 0 atom stereocenters. The van der Waals surface area contributed by atoms with Crippen molar-refractivity contribution >= 4 is 17.2 Å². The van der Waals surface area contributed by atoms with Crippen LogP contribution in [0.5, 0.6) is 5.75 Å². The van der Waals surface area contributed by atoms with Crippen molar-refractivity contribution in [3.8, 4) is 5.75 Å². The van der Waals surface area contributed by atoms with Crippen molar-refractivity contribution in [3.05, 3.63) is 58.6 Å². The summed E-state index contributed by atoms with van der Waals surface area (Å²) in [7, 11) is 0. The molecule has 2 rings (SSSR count). The summed E-state index contributed by atoms with van der Waals surface area (Å²) < 4.78 is 5.69. The van der Waals surface area contributed by atoms with Gasteiger partial charge in [-0.3, -0.25) is 4.79 Å². The second-order valence-electron chi connectivity index (χ2n) is 5.07. The van der Waals surface area contributed by atoms with Crippen molar-refractivity contribution in [1.29, 1.82) is 0 Å². The van der Waals surface area contributed by atoms with Gasteiger partial charge in [0.15, 0.2) is 0 Å². The molecule has 4 nitrogen and oxygen atoms in total. The van der Waals surface area contributed by atoms with E-state index in [0.29, 0.717) is 31.0 Å². The number of benzene rings is 1. The van der Waals surface area contributed by atoms with Crippen molar-refractivity contribution in [2.45, 2.75) is 20.5 Å². The van der Waals surface area contributed by atoms with Gasteiger partial charge in [-0.15, -0.1) is 11.3 Å². The lowest BCUT2D eigenvalue weighted by Gasteiger charge is -2.21. The van der Waals surface area contributed by atoms with Gasteiger partial charge in [-0.1, -0.05) is 18.2 Å². The van der Waals surface area contributed by atoms with Crippen LogP contribution < -0.4 is 4.74 Å². The van der Waals surface area contributed by atoms with Gasteiger partial charge in [-0.2, -0.15) is 0 Å². The van der Waals surface area contributed by atoms with Gasteiger partial charge in [0.25, 0.3) is 5.91 Å². The van der Waals surface area contributed by atoms with Gasteiger partial charge in [-0.05, 0) is 32.0 Å². The van der Waals surface area contributed by atoms with Gasteiger partial charge < -0.3 is 9.64 Å². The number of hydrogen-bond acceptors (Lipinski definition) is 4. The molecule has 0 unspecified atom stereocenters. The van der Waals surface area contributed by atoms with Crippen LogP contribution in [0.1, 0.15) is 29.9 Å². The molecule has 0 bridgehead atoms. The number of carbonyl (C=O) groups excluding carboxylic acids is 1. The van der Waals surface area contributed by atoms with E-state index >= 15 is 0 Å². The zero-order chi connectivity index (χ0) is 15.9. The smallest absolute Gasteiger partial charge is 0.254 e. The fourth-order valence-electron chi connectivity index (χ4n) is 2.02. The summed E-state index contributed by atoms with van der Waals surface area (Å²) in [5.41, 5.74) is 4.25. The molecule has 0 aliphatic carbocycles. The van der Waals surface area contributed by atoms with Gasteiger partial charge in [-0.25, -0.2) is 4.98 Å². The Kier molecular flexibility index (Phi) is 5.72. The van der Waals surface area contributed by atoms with Crippen LogP contribution in [0.4, 0.5) is 0 Å². The monoisotopic (exact) mass is 316 g/mol. The SMILES string of the molecule is C=C(C)CN(CC)C(=O)c1cccc(OCc2cscn2)c1. The van der Waals surface area contributed by atoms with Crippen LogP contribution in [0.25, 0.3) is 0 Å². The molecule has 0 spiro atoms. The first kappa shape index (κ1) is 16.2. The Balaban J connectivity index is 2.06. The molecular weight excluding hydrogens is 296 g/mol. The molecule has 116 valence electrons. The summed E-state index contributed by atoms with van der Waals surface area (Å²) in [4.78, 5) is 18.5. The third-order valence-electron chi connectivity index (χ3n) is 3.08. The van der Waals surface area contributed by atoms with Crippen molar-refractivity contribution in [3.63, 3.8) is 0 Å². The van der Waals surface area contributed by atoms with E-state index in [-0.39, 0.29) is 5.91 Å². The van der Waals surface area contributed by atoms with E-state index in [1.165, 1.54) is 11.3 Å². The van der Waals surface area contributed by atoms with E-state index in [9.17, 15) is 4.79 Å². The first-order chi connectivity index (χ1) is 10.6. The van der Waals surface area contributed by atoms with E-state index in [0.717, 1.165) is 11.3 Å². The lowest BCUT2D eigenvalue weighted by Crippen LogP contribution is -2.32. The zero-order valence-corrected chi connectivity index (χ0v) is 13.7. The lowest BCUT2D eigenvalue weighted by atomic mass is 10.1. The first-order valence-corrected chi connectivity index (χ1v) is 8.08. The lowest BCUT2D eigenvalue weighted by molar-refractivity contribution is 0.0778. The number of likely N-dealkylation sites (N-methyl/N-ethyl adjacent to an activating group) is 1. The fraction of sp³-hybridized carbons (Fsp3) is 0.294. The van der Waals surface area contributed by atoms with Crippen molar-refractivity contribution in [2.24, 2.45) is 0 Å². The number of ether oxygens (including phenoxy) is 1. The minimum absolute atomic E-state index is 0.00962. The molecule has 1 heterocycles. The summed E-state index contributed by atoms with van der Waals surface area (Å²) in [6.07, 6.45) is 0. The van der Waals surface area contributed by atoms with Crippen LogP contribution in [0.2, 0.25) is 0 Å². The quantitative estimate of drug-likeness (QED) is 0.730. The summed E-state index contributed by atoms with van der Waals surface area (Å²) >= 11 is 1.54. The van der Waals surface area contributed by atoms with Crippen LogP contribution in [-0.4, -0.2) is 28.9 Å². The highest BCUT2D eigenvalue weighted by atomic mass is 32.1. The van der Waals surface area contributed by atoms with Gasteiger partial charge >= 0.3 is 0 Å². The number of nitrogens with zero attached hydrogens (tertiary/aromatic N) is 2. The zero-order valence-electron chi connectivity index (χ0n) is 12.9. The number of thiazole rings is 1. The second-order valence-corrected chi connectivity index (χ2v) is 5.79. The first-order valence-electron chi connectivity index (χ1n) is 7.13. The highest BCUT2D eigenvalue weighted by molar-refractivity contribution is 7.07. The maximum Gasteiger partial charge on any atom is 0.254 e. The molecule has 1 amide bonds. The Morgan fingerprint density at radius 1 is 1.45 bits per heavy atom. The molecule has 0 aliphatic heterocycles. The van der Waals surface area contributed by atoms with E-state index < -0.39 is 0 Å². The maximum atomic E-state index is 12.5. The number of amides is 1. The van der Waals surface area contributed by atoms with Gasteiger partial charge in [0.1, 0.15) is 12.4 Å². The molecule has 0 aliphatic rings. The average molecular weight is 316 g/mol. The summed E-state index contributed by atoms with van der Waals surface area (Å²) in [6, 6.07) is 7.26. The maximum absolute atomic E-state index is 12.5. The molecule has 0 radical (unpaired) electrons. The number of aromatic nitrogens is 1. The van der Waals surface area contributed by atoms with Crippen LogP contribution in [0.3, 0.4) is 0 Å². The minimum Gasteiger partial charge on any atom is -0.487 e. The standard InChI is InChI=1S/C17H20N2O2S/c1-4-19(9-13(2)3)17(20)14-6-5-7-16(8-14)21-10-15-11-22-12-18-15/h5-8,11-12H,2,4,9-10H2,1,3H3. The Hall–Kier alpha value is -2.14. The topological polar surface area (TPSA) is 42.4 Å². The Labute approximate surface area is 135 Å². The third-order valence-corrected chi connectivity index (χ3v) is 3.72. The predicted octanol–water partition coefficient (Wildman–Crippen LogP) is 3.76. The Morgan fingerprint density at radius 3 is 2.91 bits per heavy atom. The van der Waals surface area contributed by atoms with E-state index in [2.05, 4.69) is 11.6 Å². The van der Waals surface area contributed by atoms with E-state index in [1.54, 1.807) is 22.5 Å². The largest absolute Gasteiger partial charge is 0.487 e. The molecule has 2 aromatic rings. The molecule has 0 saturated heterocycles. The van der Waals surface area contributed by atoms with Crippen LogP contribution >= 0.6 is 11.3 Å². The molecule has 22 heavy (non-hydrogen) atoms. The van der Waals surface area contributed by atoms with Gasteiger partial charge in [0.2, 0.25) is 0 Å². The number of hydrogen-bond donors (Lipinski definition) is 0. The number of carbonyl (C=O) groups is 1. The molecule has 0 fully saturated rings. The van der Waals surface area contributed by atoms with E-state index in [4.69, 9.17) is 4.74 Å². The molecule has 0 saturated carbocycles. The predicted molar refractivity (Wildman–Crippen MR) is 89.3 cm³/mol. The molecule has 1 aromatic carbocycles.